The molecule has 0 aliphatic heterocycles. The lowest BCUT2D eigenvalue weighted by Crippen LogP contribution is -2.41. The molecule has 0 aromatic heterocycles. The molecule has 2 rings (SSSR count). The minimum Gasteiger partial charge on any atom is -0.389 e. The van der Waals surface area contributed by atoms with Crippen LogP contribution in [0, 0.1) is 11.3 Å². The molecule has 1 aliphatic carbocycles. The summed E-state index contributed by atoms with van der Waals surface area (Å²) in [5.74, 6) is -0.00637. The van der Waals surface area contributed by atoms with Crippen molar-refractivity contribution in [1.29, 1.82) is 5.41 Å². The molecule has 7 nitrogen and oxygen atoms in total. The Bertz CT molecular complexity index is 763. The fraction of sp³-hybridized carbons (Fsp3) is 0.545. The third-order valence-corrected chi connectivity index (χ3v) is 5.53. The topological polar surface area (TPSA) is 109 Å². The first-order chi connectivity index (χ1) is 14.2. The third kappa shape index (κ3) is 6.45. The molecule has 0 saturated heterocycles. The lowest BCUT2D eigenvalue weighted by atomic mass is 9.97. The maximum Gasteiger partial charge on any atom is 0.228 e. The van der Waals surface area contributed by atoms with Crippen molar-refractivity contribution in [3.63, 3.8) is 0 Å². The van der Waals surface area contributed by atoms with Crippen LogP contribution in [0.25, 0.3) is 0 Å². The fourth-order valence-corrected chi connectivity index (χ4v) is 3.83. The quantitative estimate of drug-likeness (QED) is 0.191. The average molecular weight is 436 g/mol. The molecule has 0 spiro atoms. The summed E-state index contributed by atoms with van der Waals surface area (Å²) in [6.07, 6.45) is 0.0493. The first-order valence-electron chi connectivity index (χ1n) is 10.4. The van der Waals surface area contributed by atoms with Crippen molar-refractivity contribution in [2.45, 2.75) is 45.3 Å². The molecule has 30 heavy (non-hydrogen) atoms. The van der Waals surface area contributed by atoms with E-state index < -0.39 is 6.10 Å². The zero-order valence-corrected chi connectivity index (χ0v) is 18.9. The number of aliphatic hydroxyl groups is 1. The summed E-state index contributed by atoms with van der Waals surface area (Å²) in [7, 11) is 1.76. The van der Waals surface area contributed by atoms with Crippen LogP contribution in [-0.4, -0.2) is 55.7 Å². The molecule has 0 saturated carbocycles. The van der Waals surface area contributed by atoms with Crippen molar-refractivity contribution in [2.24, 2.45) is 5.92 Å². The predicted octanol–water partition coefficient (Wildman–Crippen LogP) is 1.98. The molecular weight excluding hydrogens is 402 g/mol. The third-order valence-electron chi connectivity index (χ3n) is 5.28. The van der Waals surface area contributed by atoms with Gasteiger partial charge in [0.05, 0.1) is 12.0 Å². The minimum atomic E-state index is -0.560. The Kier molecular flexibility index (Phi) is 9.14. The molecule has 1 amide bonds. The number of aliphatic hydroxyl groups excluding tert-OH is 1. The number of carbonyl (C=O) groups is 1. The first kappa shape index (κ1) is 24.2. The van der Waals surface area contributed by atoms with E-state index in [-0.39, 0.29) is 29.6 Å². The van der Waals surface area contributed by atoms with E-state index in [1.165, 1.54) is 0 Å². The van der Waals surface area contributed by atoms with E-state index in [4.69, 9.17) is 17.0 Å². The maximum atomic E-state index is 12.8. The summed E-state index contributed by atoms with van der Waals surface area (Å²) in [6, 6.07) is 7.61. The molecule has 1 aliphatic rings. The fourth-order valence-electron chi connectivity index (χ4n) is 3.70. The van der Waals surface area contributed by atoms with Crippen molar-refractivity contribution in [3.8, 4) is 0 Å². The monoisotopic (exact) mass is 435 g/mol. The number of likely N-dealkylation sites (N-methyl/N-ethyl adjacent to an activating group) is 1. The van der Waals surface area contributed by atoms with Gasteiger partial charge in [-0.2, -0.15) is 0 Å². The van der Waals surface area contributed by atoms with Crippen LogP contribution in [0.15, 0.2) is 35.5 Å². The highest BCUT2D eigenvalue weighted by molar-refractivity contribution is 6.30. The highest BCUT2D eigenvalue weighted by Gasteiger charge is 2.31. The van der Waals surface area contributed by atoms with Gasteiger partial charge in [0.2, 0.25) is 5.91 Å². The van der Waals surface area contributed by atoms with Gasteiger partial charge in [-0.1, -0.05) is 44.5 Å². The number of hydrogen-bond acceptors (Lipinski definition) is 5. The highest BCUT2D eigenvalue weighted by atomic mass is 35.5. The number of halogens is 1. The Morgan fingerprint density at radius 1 is 1.23 bits per heavy atom. The molecule has 8 heteroatoms. The maximum absolute atomic E-state index is 12.8. The molecular formula is C22H34ClN5O2. The number of amides is 1. The Balaban J connectivity index is 1.91. The second-order valence-electron chi connectivity index (χ2n) is 7.99. The second kappa shape index (κ2) is 11.3. The summed E-state index contributed by atoms with van der Waals surface area (Å²) in [6.45, 7) is 7.44. The summed E-state index contributed by atoms with van der Waals surface area (Å²) in [4.78, 5) is 12.8. The van der Waals surface area contributed by atoms with Gasteiger partial charge in [-0.3, -0.25) is 10.2 Å². The van der Waals surface area contributed by atoms with Gasteiger partial charge in [-0.05, 0) is 30.0 Å². The van der Waals surface area contributed by atoms with E-state index in [0.29, 0.717) is 36.8 Å². The largest absolute Gasteiger partial charge is 0.389 e. The summed E-state index contributed by atoms with van der Waals surface area (Å²) < 4.78 is 0. The summed E-state index contributed by atoms with van der Waals surface area (Å²) in [5.41, 5.74) is 2.41. The summed E-state index contributed by atoms with van der Waals surface area (Å²) in [5, 5.41) is 31.4. The molecule has 0 heterocycles. The molecule has 1 aromatic rings. The van der Waals surface area contributed by atoms with E-state index in [1.807, 2.05) is 32.9 Å². The molecule has 166 valence electrons. The van der Waals surface area contributed by atoms with Gasteiger partial charge in [-0.25, -0.2) is 0 Å². The van der Waals surface area contributed by atoms with Crippen LogP contribution >= 0.6 is 11.6 Å². The zero-order valence-electron chi connectivity index (χ0n) is 18.2. The van der Waals surface area contributed by atoms with E-state index in [9.17, 15) is 9.90 Å². The predicted molar refractivity (Wildman–Crippen MR) is 122 cm³/mol. The SMILES string of the molecule is CNC1=C(C(=N)NCCNC(=O)[C@H](CNC(C)C)c2ccc(Cl)cc2)[C@H](C)C[C@@H]1O. The van der Waals surface area contributed by atoms with Gasteiger partial charge in [0.15, 0.2) is 0 Å². The Hall–Kier alpha value is -2.09. The number of hydrogen-bond donors (Lipinski definition) is 6. The summed E-state index contributed by atoms with van der Waals surface area (Å²) >= 11 is 5.98. The van der Waals surface area contributed by atoms with Gasteiger partial charge < -0.3 is 26.4 Å². The normalized spacial score (nSPS) is 19.7. The van der Waals surface area contributed by atoms with E-state index >= 15 is 0 Å². The van der Waals surface area contributed by atoms with Crippen LogP contribution in [0.4, 0.5) is 0 Å². The molecule has 0 radical (unpaired) electrons. The standard InChI is InChI=1S/C22H34ClN5O2/c1-13(2)28-12-17(15-5-7-16(23)8-6-15)22(30)27-10-9-26-21(24)19-14(3)11-18(29)20(19)25-4/h5-8,13-14,17-18,25,28-29H,9-12H2,1-4H3,(H2,24,26)(H,27,30)/t14-,17-,18+/m1/s1. The number of nitrogens with one attached hydrogen (secondary N) is 5. The van der Waals surface area contributed by atoms with Crippen LogP contribution in [0.1, 0.15) is 38.7 Å². The Morgan fingerprint density at radius 2 is 1.87 bits per heavy atom. The van der Waals surface area contributed by atoms with Crippen LogP contribution < -0.4 is 21.3 Å². The molecule has 1 aromatic carbocycles. The van der Waals surface area contributed by atoms with Gasteiger partial charge in [0.1, 0.15) is 5.84 Å². The van der Waals surface area contributed by atoms with Crippen LogP contribution in [0.5, 0.6) is 0 Å². The number of rotatable bonds is 10. The Labute approximate surface area is 184 Å². The molecule has 0 bridgehead atoms. The lowest BCUT2D eigenvalue weighted by Gasteiger charge is -2.20. The van der Waals surface area contributed by atoms with Crippen molar-refractivity contribution in [2.75, 3.05) is 26.7 Å². The van der Waals surface area contributed by atoms with Gasteiger partial charge in [0, 0.05) is 49.0 Å². The van der Waals surface area contributed by atoms with Gasteiger partial charge >= 0.3 is 0 Å². The van der Waals surface area contributed by atoms with Crippen molar-refractivity contribution in [3.05, 3.63) is 46.1 Å². The number of amidine groups is 1. The van der Waals surface area contributed by atoms with Gasteiger partial charge in [0.25, 0.3) is 0 Å². The van der Waals surface area contributed by atoms with E-state index in [0.717, 1.165) is 11.1 Å². The zero-order chi connectivity index (χ0) is 22.3. The first-order valence-corrected chi connectivity index (χ1v) is 10.8. The molecule has 3 atom stereocenters. The van der Waals surface area contributed by atoms with Crippen LogP contribution in [-0.2, 0) is 4.79 Å². The Morgan fingerprint density at radius 3 is 2.47 bits per heavy atom. The molecule has 6 N–H and O–H groups in total. The second-order valence-corrected chi connectivity index (χ2v) is 8.43. The highest BCUT2D eigenvalue weighted by Crippen LogP contribution is 2.30. The lowest BCUT2D eigenvalue weighted by molar-refractivity contribution is -0.122. The van der Waals surface area contributed by atoms with E-state index in [1.54, 1.807) is 19.2 Å². The number of benzene rings is 1. The van der Waals surface area contributed by atoms with Crippen molar-refractivity contribution in [1.82, 2.24) is 21.3 Å². The van der Waals surface area contributed by atoms with Crippen molar-refractivity contribution < 1.29 is 9.90 Å². The molecule has 0 unspecified atom stereocenters. The van der Waals surface area contributed by atoms with Gasteiger partial charge in [-0.15, -0.1) is 0 Å². The van der Waals surface area contributed by atoms with Crippen molar-refractivity contribution >= 4 is 23.3 Å². The van der Waals surface area contributed by atoms with Crippen LogP contribution in [0.2, 0.25) is 5.02 Å². The minimum absolute atomic E-state index is 0.0708. The smallest absolute Gasteiger partial charge is 0.228 e. The van der Waals surface area contributed by atoms with E-state index in [2.05, 4.69) is 21.3 Å². The number of carbonyl (C=O) groups excluding carboxylic acids is 1. The average Bonchev–Trinajstić information content (AvgIpc) is 2.99. The van der Waals surface area contributed by atoms with Crippen LogP contribution in [0.3, 0.4) is 0 Å². The molecule has 0 fully saturated rings.